The average Bonchev–Trinajstić information content (AvgIpc) is 2.89. The second-order valence-electron chi connectivity index (χ2n) is 5.56. The maximum atomic E-state index is 14.3. The zero-order valence-electron chi connectivity index (χ0n) is 12.4. The second kappa shape index (κ2) is 5.28. The third-order valence-electron chi connectivity index (χ3n) is 3.71. The molecule has 0 aliphatic heterocycles. The molecule has 1 aromatic carbocycles. The monoisotopic (exact) mass is 283 g/mol. The number of aromatic nitrogens is 3. The molecule has 3 nitrogen and oxygen atoms in total. The molecule has 0 radical (unpaired) electrons. The Hall–Kier alpha value is -2.23. The fraction of sp³-hybridized carbons (Fsp3) is 0.294. The molecule has 0 fully saturated rings. The van der Waals surface area contributed by atoms with Gasteiger partial charge in [-0.3, -0.25) is 0 Å². The number of hydrogen-bond acceptors (Lipinski definition) is 2. The van der Waals surface area contributed by atoms with Crippen molar-refractivity contribution >= 4 is 10.9 Å². The highest BCUT2D eigenvalue weighted by Crippen LogP contribution is 2.28. The fourth-order valence-corrected chi connectivity index (χ4v) is 2.37. The SMILES string of the molecule is CCc1ccc(-c2cc3[nH]c(C(C)C)cc3cc2F)nn1. The van der Waals surface area contributed by atoms with Crippen molar-refractivity contribution < 1.29 is 4.39 Å². The van der Waals surface area contributed by atoms with E-state index in [0.717, 1.165) is 28.7 Å². The Labute approximate surface area is 123 Å². The summed E-state index contributed by atoms with van der Waals surface area (Å²) in [5.74, 6) is 0.114. The van der Waals surface area contributed by atoms with Gasteiger partial charge in [0.15, 0.2) is 0 Å². The first kappa shape index (κ1) is 13.7. The highest BCUT2D eigenvalue weighted by Gasteiger charge is 2.12. The number of fused-ring (bicyclic) bond motifs is 1. The molecule has 0 unspecified atom stereocenters. The Morgan fingerprint density at radius 2 is 1.95 bits per heavy atom. The summed E-state index contributed by atoms with van der Waals surface area (Å²) >= 11 is 0. The predicted octanol–water partition coefficient (Wildman–Crippen LogP) is 4.45. The number of rotatable bonds is 3. The molecular weight excluding hydrogens is 265 g/mol. The van der Waals surface area contributed by atoms with Gasteiger partial charge in [0.2, 0.25) is 0 Å². The van der Waals surface area contributed by atoms with E-state index in [2.05, 4.69) is 29.0 Å². The van der Waals surface area contributed by atoms with Crippen LogP contribution in [0.2, 0.25) is 0 Å². The van der Waals surface area contributed by atoms with Crippen molar-refractivity contribution in [3.05, 3.63) is 47.5 Å². The predicted molar refractivity (Wildman–Crippen MR) is 82.7 cm³/mol. The van der Waals surface area contributed by atoms with Gasteiger partial charge in [-0.2, -0.15) is 10.2 Å². The first-order valence-electron chi connectivity index (χ1n) is 7.23. The third kappa shape index (κ3) is 2.53. The van der Waals surface area contributed by atoms with Crippen LogP contribution in [0.5, 0.6) is 0 Å². The van der Waals surface area contributed by atoms with Crippen LogP contribution >= 0.6 is 0 Å². The van der Waals surface area contributed by atoms with Crippen LogP contribution in [-0.4, -0.2) is 15.2 Å². The number of hydrogen-bond donors (Lipinski definition) is 1. The van der Waals surface area contributed by atoms with Crippen LogP contribution in [-0.2, 0) is 6.42 Å². The van der Waals surface area contributed by atoms with Gasteiger partial charge in [-0.1, -0.05) is 20.8 Å². The van der Waals surface area contributed by atoms with Crippen LogP contribution in [0, 0.1) is 5.82 Å². The quantitative estimate of drug-likeness (QED) is 0.771. The van der Waals surface area contributed by atoms with Gasteiger partial charge in [-0.05, 0) is 42.7 Å². The molecule has 0 spiro atoms. The second-order valence-corrected chi connectivity index (χ2v) is 5.56. The molecule has 1 N–H and O–H groups in total. The lowest BCUT2D eigenvalue weighted by molar-refractivity contribution is 0.632. The van der Waals surface area contributed by atoms with Crippen molar-refractivity contribution in [2.75, 3.05) is 0 Å². The van der Waals surface area contributed by atoms with Crippen LogP contribution in [0.4, 0.5) is 4.39 Å². The lowest BCUT2D eigenvalue weighted by atomic mass is 10.1. The van der Waals surface area contributed by atoms with Crippen molar-refractivity contribution in [3.8, 4) is 11.3 Å². The highest BCUT2D eigenvalue weighted by molar-refractivity contribution is 5.85. The minimum atomic E-state index is -0.268. The van der Waals surface area contributed by atoms with Gasteiger partial charge in [-0.25, -0.2) is 4.39 Å². The Morgan fingerprint density at radius 3 is 2.57 bits per heavy atom. The molecule has 0 amide bonds. The zero-order valence-corrected chi connectivity index (χ0v) is 12.4. The van der Waals surface area contributed by atoms with Crippen LogP contribution in [0.25, 0.3) is 22.2 Å². The third-order valence-corrected chi connectivity index (χ3v) is 3.71. The van der Waals surface area contributed by atoms with Gasteiger partial charge in [-0.15, -0.1) is 0 Å². The topological polar surface area (TPSA) is 41.6 Å². The van der Waals surface area contributed by atoms with E-state index in [1.165, 1.54) is 0 Å². The van der Waals surface area contributed by atoms with Gasteiger partial charge < -0.3 is 4.98 Å². The number of nitrogens with one attached hydrogen (secondary N) is 1. The van der Waals surface area contributed by atoms with E-state index >= 15 is 0 Å². The normalized spacial score (nSPS) is 11.5. The smallest absolute Gasteiger partial charge is 0.133 e. The summed E-state index contributed by atoms with van der Waals surface area (Å²) in [7, 11) is 0. The van der Waals surface area contributed by atoms with Gasteiger partial charge in [0.25, 0.3) is 0 Å². The minimum absolute atomic E-state index is 0.268. The van der Waals surface area contributed by atoms with Crippen LogP contribution in [0.3, 0.4) is 0 Å². The van der Waals surface area contributed by atoms with E-state index in [4.69, 9.17) is 0 Å². The number of H-pyrrole nitrogens is 1. The molecule has 0 aliphatic rings. The van der Waals surface area contributed by atoms with E-state index in [-0.39, 0.29) is 5.82 Å². The number of aromatic amines is 1. The summed E-state index contributed by atoms with van der Waals surface area (Å²) in [6.45, 7) is 6.23. The van der Waals surface area contributed by atoms with Crippen molar-refractivity contribution in [2.45, 2.75) is 33.1 Å². The number of nitrogens with zero attached hydrogens (tertiary/aromatic N) is 2. The summed E-state index contributed by atoms with van der Waals surface area (Å²) in [6.07, 6.45) is 0.823. The van der Waals surface area contributed by atoms with Crippen LogP contribution < -0.4 is 0 Å². The molecule has 0 atom stereocenters. The Bertz CT molecular complexity index is 773. The first-order chi connectivity index (χ1) is 10.1. The molecule has 3 aromatic rings. The summed E-state index contributed by atoms with van der Waals surface area (Å²) in [5, 5.41) is 9.11. The highest BCUT2D eigenvalue weighted by atomic mass is 19.1. The van der Waals surface area contributed by atoms with Crippen molar-refractivity contribution in [3.63, 3.8) is 0 Å². The molecule has 0 bridgehead atoms. The summed E-state index contributed by atoms with van der Waals surface area (Å²) < 4.78 is 14.3. The van der Waals surface area contributed by atoms with Crippen molar-refractivity contribution in [1.82, 2.24) is 15.2 Å². The molecular formula is C17H18FN3. The summed E-state index contributed by atoms with van der Waals surface area (Å²) in [5.41, 5.74) is 3.98. The summed E-state index contributed by atoms with van der Waals surface area (Å²) in [6, 6.07) is 9.08. The molecule has 4 heteroatoms. The molecule has 0 saturated carbocycles. The number of halogens is 1. The zero-order chi connectivity index (χ0) is 15.0. The van der Waals surface area contributed by atoms with E-state index < -0.39 is 0 Å². The fourth-order valence-electron chi connectivity index (χ4n) is 2.37. The van der Waals surface area contributed by atoms with Gasteiger partial charge in [0.1, 0.15) is 5.82 Å². The minimum Gasteiger partial charge on any atom is -0.358 e. The molecule has 2 aromatic heterocycles. The van der Waals surface area contributed by atoms with E-state index in [1.54, 1.807) is 6.07 Å². The molecule has 108 valence electrons. The van der Waals surface area contributed by atoms with Crippen LogP contribution in [0.15, 0.2) is 30.3 Å². The first-order valence-corrected chi connectivity index (χ1v) is 7.23. The average molecular weight is 283 g/mol. The largest absolute Gasteiger partial charge is 0.358 e. The molecule has 2 heterocycles. The van der Waals surface area contributed by atoms with Crippen molar-refractivity contribution in [1.29, 1.82) is 0 Å². The standard InChI is InChI=1S/C17H18FN3/c1-4-12-5-6-15(21-20-12)13-9-17-11(7-14(13)18)8-16(19-17)10(2)3/h5-10,19H,4H2,1-3H3. The van der Waals surface area contributed by atoms with Gasteiger partial charge in [0.05, 0.1) is 11.4 Å². The Balaban J connectivity index is 2.10. The molecule has 0 saturated heterocycles. The number of benzene rings is 1. The summed E-state index contributed by atoms with van der Waals surface area (Å²) in [4.78, 5) is 3.34. The number of aryl methyl sites for hydroxylation is 1. The van der Waals surface area contributed by atoms with E-state index in [9.17, 15) is 4.39 Å². The molecule has 21 heavy (non-hydrogen) atoms. The Morgan fingerprint density at radius 1 is 1.14 bits per heavy atom. The lowest BCUT2D eigenvalue weighted by Gasteiger charge is -2.03. The maximum absolute atomic E-state index is 14.3. The van der Waals surface area contributed by atoms with Gasteiger partial charge >= 0.3 is 0 Å². The molecule has 3 rings (SSSR count). The maximum Gasteiger partial charge on any atom is 0.133 e. The van der Waals surface area contributed by atoms with Crippen LogP contribution in [0.1, 0.15) is 38.1 Å². The van der Waals surface area contributed by atoms with Crippen molar-refractivity contribution in [2.24, 2.45) is 0 Å². The van der Waals surface area contributed by atoms with E-state index in [0.29, 0.717) is 17.2 Å². The van der Waals surface area contributed by atoms with E-state index in [1.807, 2.05) is 31.2 Å². The van der Waals surface area contributed by atoms with Gasteiger partial charge in [0, 0.05) is 22.2 Å². The Kier molecular flexibility index (Phi) is 3.45. The molecule has 0 aliphatic carbocycles. The lowest BCUT2D eigenvalue weighted by Crippen LogP contribution is -1.94.